The van der Waals surface area contributed by atoms with Gasteiger partial charge >= 0.3 is 0 Å². The molecular formula is C13H18N2O3. The van der Waals surface area contributed by atoms with Gasteiger partial charge in [0.05, 0.1) is 12.7 Å². The summed E-state index contributed by atoms with van der Waals surface area (Å²) in [7, 11) is 0. The van der Waals surface area contributed by atoms with Crippen molar-refractivity contribution in [3.8, 4) is 5.75 Å². The minimum atomic E-state index is -0.146. The summed E-state index contributed by atoms with van der Waals surface area (Å²) in [5.74, 6) is 0.0543. The summed E-state index contributed by atoms with van der Waals surface area (Å²) in [5, 5.41) is 15.4. The predicted octanol–water partition coefficient (Wildman–Crippen LogP) is 0.419. The first-order valence-electron chi connectivity index (χ1n) is 6.07. The summed E-state index contributed by atoms with van der Waals surface area (Å²) in [6.45, 7) is 4.56. The van der Waals surface area contributed by atoms with Crippen molar-refractivity contribution in [1.82, 2.24) is 10.6 Å². The fraction of sp³-hybridized carbons (Fsp3) is 0.462. The first-order valence-corrected chi connectivity index (χ1v) is 6.07. The monoisotopic (exact) mass is 250 g/mol. The van der Waals surface area contributed by atoms with Gasteiger partial charge in [-0.2, -0.15) is 0 Å². The van der Waals surface area contributed by atoms with Crippen LogP contribution in [0.4, 0.5) is 0 Å². The zero-order valence-electron chi connectivity index (χ0n) is 10.4. The second-order valence-corrected chi connectivity index (χ2v) is 4.41. The molecule has 1 fully saturated rings. The van der Waals surface area contributed by atoms with Crippen LogP contribution >= 0.6 is 0 Å². The second kappa shape index (κ2) is 5.84. The molecule has 1 saturated heterocycles. The minimum absolute atomic E-state index is 0.0286. The van der Waals surface area contributed by atoms with E-state index in [1.807, 2.05) is 0 Å². The Morgan fingerprint density at radius 1 is 1.61 bits per heavy atom. The van der Waals surface area contributed by atoms with Gasteiger partial charge in [0.2, 0.25) is 0 Å². The number of aryl methyl sites for hydroxylation is 1. The van der Waals surface area contributed by atoms with Gasteiger partial charge in [0.25, 0.3) is 5.91 Å². The molecule has 1 aliphatic rings. The lowest BCUT2D eigenvalue weighted by molar-refractivity contribution is 0.0287. The summed E-state index contributed by atoms with van der Waals surface area (Å²) in [4.78, 5) is 11.9. The molecule has 18 heavy (non-hydrogen) atoms. The number of hydrogen-bond donors (Lipinski definition) is 3. The summed E-state index contributed by atoms with van der Waals surface area (Å²) in [6, 6.07) is 4.81. The Balaban J connectivity index is 1.88. The predicted molar refractivity (Wildman–Crippen MR) is 67.8 cm³/mol. The van der Waals surface area contributed by atoms with Crippen LogP contribution in [0.1, 0.15) is 15.9 Å². The number of aromatic hydroxyl groups is 1. The zero-order valence-corrected chi connectivity index (χ0v) is 10.4. The molecule has 1 aromatic rings. The number of phenolic OH excluding ortho intramolecular Hbond substituents is 1. The molecule has 1 aliphatic heterocycles. The maximum Gasteiger partial charge on any atom is 0.251 e. The standard InChI is InChI=1S/C13H18N2O3/c1-9-6-10(2-3-12(9)16)13(17)15-8-11-7-14-4-5-18-11/h2-3,6,11,14,16H,4-5,7-8H2,1H3,(H,15,17). The number of nitrogens with one attached hydrogen (secondary N) is 2. The van der Waals surface area contributed by atoms with Crippen molar-refractivity contribution in [3.05, 3.63) is 29.3 Å². The van der Waals surface area contributed by atoms with Gasteiger partial charge in [-0.15, -0.1) is 0 Å². The third-order valence-electron chi connectivity index (χ3n) is 2.95. The second-order valence-electron chi connectivity index (χ2n) is 4.41. The highest BCUT2D eigenvalue weighted by atomic mass is 16.5. The first-order chi connectivity index (χ1) is 8.66. The van der Waals surface area contributed by atoms with Crippen LogP contribution in [-0.2, 0) is 4.74 Å². The van der Waals surface area contributed by atoms with Gasteiger partial charge in [0.15, 0.2) is 0 Å². The topological polar surface area (TPSA) is 70.6 Å². The lowest BCUT2D eigenvalue weighted by Gasteiger charge is -2.23. The van der Waals surface area contributed by atoms with Crippen molar-refractivity contribution in [1.29, 1.82) is 0 Å². The van der Waals surface area contributed by atoms with Crippen LogP contribution in [0.5, 0.6) is 5.75 Å². The highest BCUT2D eigenvalue weighted by molar-refractivity contribution is 5.94. The van der Waals surface area contributed by atoms with Crippen LogP contribution in [0.15, 0.2) is 18.2 Å². The molecule has 1 unspecified atom stereocenters. The third-order valence-corrected chi connectivity index (χ3v) is 2.95. The van der Waals surface area contributed by atoms with E-state index in [0.29, 0.717) is 24.3 Å². The molecule has 1 amide bonds. The van der Waals surface area contributed by atoms with Crippen LogP contribution < -0.4 is 10.6 Å². The van der Waals surface area contributed by atoms with Crippen molar-refractivity contribution in [3.63, 3.8) is 0 Å². The number of morpholine rings is 1. The Bertz CT molecular complexity index is 428. The maximum absolute atomic E-state index is 11.9. The molecule has 0 saturated carbocycles. The first kappa shape index (κ1) is 12.9. The lowest BCUT2D eigenvalue weighted by atomic mass is 10.1. The normalized spacial score (nSPS) is 19.5. The van der Waals surface area contributed by atoms with Crippen molar-refractivity contribution in [2.24, 2.45) is 0 Å². The van der Waals surface area contributed by atoms with E-state index in [1.165, 1.54) is 6.07 Å². The Morgan fingerprint density at radius 3 is 3.11 bits per heavy atom. The molecule has 0 radical (unpaired) electrons. The van der Waals surface area contributed by atoms with Crippen LogP contribution in [0, 0.1) is 6.92 Å². The molecule has 2 rings (SSSR count). The van der Waals surface area contributed by atoms with Gasteiger partial charge in [0.1, 0.15) is 5.75 Å². The van der Waals surface area contributed by atoms with Crippen molar-refractivity contribution < 1.29 is 14.6 Å². The van der Waals surface area contributed by atoms with E-state index >= 15 is 0 Å². The van der Waals surface area contributed by atoms with Gasteiger partial charge in [-0.1, -0.05) is 0 Å². The van der Waals surface area contributed by atoms with E-state index in [2.05, 4.69) is 10.6 Å². The zero-order chi connectivity index (χ0) is 13.0. The highest BCUT2D eigenvalue weighted by Gasteiger charge is 2.15. The molecule has 0 aliphatic carbocycles. The molecule has 98 valence electrons. The van der Waals surface area contributed by atoms with Crippen molar-refractivity contribution >= 4 is 5.91 Å². The molecule has 3 N–H and O–H groups in total. The molecule has 1 aromatic carbocycles. The van der Waals surface area contributed by atoms with Crippen molar-refractivity contribution in [2.45, 2.75) is 13.0 Å². The third kappa shape index (κ3) is 3.21. The van der Waals surface area contributed by atoms with Gasteiger partial charge in [-0.3, -0.25) is 4.79 Å². The average Bonchev–Trinajstić information content (AvgIpc) is 2.40. The number of carbonyl (C=O) groups excluding carboxylic acids is 1. The molecule has 1 heterocycles. The number of amides is 1. The molecule has 0 spiro atoms. The van der Waals surface area contributed by atoms with Crippen LogP contribution in [-0.4, -0.2) is 43.4 Å². The highest BCUT2D eigenvalue weighted by Crippen LogP contribution is 2.16. The van der Waals surface area contributed by atoms with Gasteiger partial charge in [0, 0.05) is 25.2 Å². The Morgan fingerprint density at radius 2 is 2.44 bits per heavy atom. The van der Waals surface area contributed by atoms with E-state index < -0.39 is 0 Å². The average molecular weight is 250 g/mol. The van der Waals surface area contributed by atoms with Crippen molar-refractivity contribution in [2.75, 3.05) is 26.2 Å². The summed E-state index contributed by atoms with van der Waals surface area (Å²) in [6.07, 6.45) is 0.0286. The molecule has 5 heteroatoms. The molecular weight excluding hydrogens is 232 g/mol. The number of carbonyl (C=O) groups is 1. The summed E-state index contributed by atoms with van der Waals surface area (Å²) in [5.41, 5.74) is 1.24. The maximum atomic E-state index is 11.9. The molecule has 5 nitrogen and oxygen atoms in total. The fourth-order valence-corrected chi connectivity index (χ4v) is 1.86. The Kier molecular flexibility index (Phi) is 4.17. The summed E-state index contributed by atoms with van der Waals surface area (Å²) < 4.78 is 5.49. The van der Waals surface area contributed by atoms with E-state index in [1.54, 1.807) is 19.1 Å². The molecule has 0 bridgehead atoms. The molecule has 0 aromatic heterocycles. The van der Waals surface area contributed by atoms with E-state index in [9.17, 15) is 9.90 Å². The quantitative estimate of drug-likeness (QED) is 0.727. The van der Waals surface area contributed by atoms with E-state index in [4.69, 9.17) is 4.74 Å². The van der Waals surface area contributed by atoms with Gasteiger partial charge < -0.3 is 20.5 Å². The minimum Gasteiger partial charge on any atom is -0.508 e. The number of rotatable bonds is 3. The lowest BCUT2D eigenvalue weighted by Crippen LogP contribution is -2.45. The Labute approximate surface area is 106 Å². The SMILES string of the molecule is Cc1cc(C(=O)NCC2CNCCO2)ccc1O. The Hall–Kier alpha value is -1.59. The number of ether oxygens (including phenoxy) is 1. The van der Waals surface area contributed by atoms with Gasteiger partial charge in [-0.25, -0.2) is 0 Å². The van der Waals surface area contributed by atoms with Gasteiger partial charge in [-0.05, 0) is 30.7 Å². The van der Waals surface area contributed by atoms with E-state index in [-0.39, 0.29) is 17.8 Å². The van der Waals surface area contributed by atoms with Crippen LogP contribution in [0.25, 0.3) is 0 Å². The largest absolute Gasteiger partial charge is 0.508 e. The van der Waals surface area contributed by atoms with Crippen LogP contribution in [0.2, 0.25) is 0 Å². The van der Waals surface area contributed by atoms with Crippen LogP contribution in [0.3, 0.4) is 0 Å². The summed E-state index contributed by atoms with van der Waals surface area (Å²) >= 11 is 0. The molecule has 1 atom stereocenters. The smallest absolute Gasteiger partial charge is 0.251 e. The fourth-order valence-electron chi connectivity index (χ4n) is 1.86. The van der Waals surface area contributed by atoms with E-state index in [0.717, 1.165) is 13.1 Å². The number of benzene rings is 1. The number of hydrogen-bond acceptors (Lipinski definition) is 4. The number of phenols is 1.